The third-order valence-electron chi connectivity index (χ3n) is 8.42. The first-order valence-corrected chi connectivity index (χ1v) is 14.0. The zero-order valence-electron chi connectivity index (χ0n) is 23.3. The highest BCUT2D eigenvalue weighted by Crippen LogP contribution is 2.50. The molecule has 9 nitrogen and oxygen atoms in total. The number of nitrogens with zero attached hydrogens (tertiary/aromatic N) is 6. The van der Waals surface area contributed by atoms with E-state index in [1.165, 1.54) is 6.20 Å². The van der Waals surface area contributed by atoms with E-state index >= 15 is 0 Å². The van der Waals surface area contributed by atoms with Crippen LogP contribution in [0.1, 0.15) is 64.5 Å². The largest absolute Gasteiger partial charge is 0.492 e. The van der Waals surface area contributed by atoms with Crippen molar-refractivity contribution < 1.29 is 18.3 Å². The van der Waals surface area contributed by atoms with E-state index in [4.69, 9.17) is 4.74 Å². The number of hydrogen-bond acceptors (Lipinski definition) is 7. The van der Waals surface area contributed by atoms with E-state index < -0.39 is 5.92 Å². The summed E-state index contributed by atoms with van der Waals surface area (Å²) in [7, 11) is 1.80. The molecule has 1 amide bonds. The Morgan fingerprint density at radius 3 is 2.59 bits per heavy atom. The van der Waals surface area contributed by atoms with Gasteiger partial charge < -0.3 is 19.5 Å². The number of ether oxygens (including phenoxy) is 1. The van der Waals surface area contributed by atoms with Crippen LogP contribution < -0.4 is 10.1 Å². The van der Waals surface area contributed by atoms with Crippen LogP contribution in [0.5, 0.6) is 5.75 Å². The molecule has 214 valence electrons. The van der Waals surface area contributed by atoms with Gasteiger partial charge in [-0.2, -0.15) is 5.26 Å². The third kappa shape index (κ3) is 5.01. The van der Waals surface area contributed by atoms with Crippen molar-refractivity contribution in [3.63, 3.8) is 0 Å². The number of rotatable bonds is 9. The second-order valence-corrected chi connectivity index (χ2v) is 11.3. The number of alkyl halides is 2. The number of pyridine rings is 1. The van der Waals surface area contributed by atoms with Crippen molar-refractivity contribution in [2.75, 3.05) is 38.6 Å². The van der Waals surface area contributed by atoms with Gasteiger partial charge in [-0.3, -0.25) is 14.7 Å². The van der Waals surface area contributed by atoms with Gasteiger partial charge in [0.15, 0.2) is 0 Å². The zero-order valence-corrected chi connectivity index (χ0v) is 23.3. The molecule has 1 saturated carbocycles. The number of amides is 1. The topological polar surface area (TPSA) is 99.3 Å². The minimum Gasteiger partial charge on any atom is -0.492 e. The minimum absolute atomic E-state index is 0.0989. The van der Waals surface area contributed by atoms with Gasteiger partial charge in [0.25, 0.3) is 11.8 Å². The molecule has 1 aromatic carbocycles. The Morgan fingerprint density at radius 1 is 1.12 bits per heavy atom. The number of fused-ring (bicyclic) bond motifs is 2. The summed E-state index contributed by atoms with van der Waals surface area (Å²) in [6.07, 6.45) is 7.99. The fourth-order valence-electron chi connectivity index (χ4n) is 6.55. The van der Waals surface area contributed by atoms with Crippen molar-refractivity contribution in [1.82, 2.24) is 24.3 Å². The number of carbonyl (C=O) groups excluding carboxylic acids is 1. The molecule has 1 N–H and O–H groups in total. The van der Waals surface area contributed by atoms with E-state index in [0.717, 1.165) is 36.0 Å². The van der Waals surface area contributed by atoms with Crippen molar-refractivity contribution in [3.05, 3.63) is 70.3 Å². The molecular formula is C30H33F2N7O2. The molecule has 0 radical (unpaired) electrons. The van der Waals surface area contributed by atoms with Gasteiger partial charge in [-0.05, 0) is 42.5 Å². The minimum atomic E-state index is -2.66. The molecule has 41 heavy (non-hydrogen) atoms. The molecule has 3 aromatic rings. The maximum absolute atomic E-state index is 14.1. The lowest BCUT2D eigenvalue weighted by Gasteiger charge is -2.51. The molecule has 1 aliphatic carbocycles. The molecule has 1 spiro atoms. The lowest BCUT2D eigenvalue weighted by molar-refractivity contribution is -0.134. The summed E-state index contributed by atoms with van der Waals surface area (Å²) in [4.78, 5) is 26.5. The highest BCUT2D eigenvalue weighted by atomic mass is 19.3. The Bertz CT molecular complexity index is 1520. The van der Waals surface area contributed by atoms with Crippen LogP contribution in [0.15, 0.2) is 36.8 Å². The number of nitrogens with one attached hydrogen (secondary N) is 1. The van der Waals surface area contributed by atoms with Crippen molar-refractivity contribution in [1.29, 1.82) is 5.26 Å². The summed E-state index contributed by atoms with van der Waals surface area (Å²) < 4.78 is 35.1. The second-order valence-electron chi connectivity index (χ2n) is 11.3. The number of imidazole rings is 1. The molecule has 6 rings (SSSR count). The average molecular weight is 562 g/mol. The molecule has 0 atom stereocenters. The van der Waals surface area contributed by atoms with Crippen LogP contribution in [0.3, 0.4) is 0 Å². The fourth-order valence-corrected chi connectivity index (χ4v) is 6.55. The van der Waals surface area contributed by atoms with Crippen LogP contribution in [0, 0.1) is 11.3 Å². The van der Waals surface area contributed by atoms with Crippen LogP contribution in [0.2, 0.25) is 0 Å². The Hall–Kier alpha value is -4.04. The smallest absolute Gasteiger partial charge is 0.272 e. The molecule has 2 fully saturated rings. The van der Waals surface area contributed by atoms with E-state index in [-0.39, 0.29) is 31.0 Å². The van der Waals surface area contributed by atoms with Crippen molar-refractivity contribution in [3.8, 4) is 11.8 Å². The highest BCUT2D eigenvalue weighted by molar-refractivity contribution is 5.98. The third-order valence-corrected chi connectivity index (χ3v) is 8.42. The Balaban J connectivity index is 1.38. The predicted octanol–water partition coefficient (Wildman–Crippen LogP) is 4.17. The first-order valence-electron chi connectivity index (χ1n) is 14.0. The lowest BCUT2D eigenvalue weighted by Crippen LogP contribution is -2.56. The highest BCUT2D eigenvalue weighted by Gasteiger charge is 2.50. The number of hydrogen-bond donors (Lipinski definition) is 1. The number of halogens is 2. The molecule has 2 aromatic heterocycles. The fraction of sp³-hybridized carbons (Fsp3) is 0.467. The van der Waals surface area contributed by atoms with E-state index in [0.29, 0.717) is 54.8 Å². The van der Waals surface area contributed by atoms with Gasteiger partial charge >= 0.3 is 0 Å². The molecule has 2 aliphatic heterocycles. The first kappa shape index (κ1) is 27.1. The summed E-state index contributed by atoms with van der Waals surface area (Å²) in [5.41, 5.74) is 4.32. The standard InChI is InChI=1S/C30H33F2N7O2/c1-3-41-25-11-23(36-13-22(25)12-33)16-39-17-29(5-4-6-29)26-21(15-37-18-30(31,32)19-37)9-20(10-24(26)27(39)40)14-38-8-7-35-28(38)34-2/h7-11,13H,3-6,14-19H2,1-2H3,(H,34,35). The lowest BCUT2D eigenvalue weighted by atomic mass is 9.60. The van der Waals surface area contributed by atoms with Gasteiger partial charge in [0.05, 0.1) is 38.5 Å². The predicted molar refractivity (Wildman–Crippen MR) is 148 cm³/mol. The Kier molecular flexibility index (Phi) is 6.90. The quantitative estimate of drug-likeness (QED) is 0.419. The second kappa shape index (κ2) is 10.4. The van der Waals surface area contributed by atoms with E-state index in [2.05, 4.69) is 27.4 Å². The SMILES string of the molecule is CCOc1cc(CN2CC3(CCC3)c3c(CN4CC(F)(F)C4)cc(Cn4ccnc4NC)cc3C2=O)ncc1C#N. The maximum Gasteiger partial charge on any atom is 0.272 e. The average Bonchev–Trinajstić information content (AvgIpc) is 3.36. The number of nitriles is 1. The van der Waals surface area contributed by atoms with Crippen molar-refractivity contribution in [2.45, 2.75) is 57.2 Å². The van der Waals surface area contributed by atoms with Crippen LogP contribution in [-0.2, 0) is 25.0 Å². The Labute approximate surface area is 237 Å². The monoisotopic (exact) mass is 561 g/mol. The van der Waals surface area contributed by atoms with Crippen LogP contribution in [-0.4, -0.2) is 69.5 Å². The molecule has 1 saturated heterocycles. The van der Waals surface area contributed by atoms with E-state index in [1.807, 2.05) is 28.7 Å². The van der Waals surface area contributed by atoms with E-state index in [9.17, 15) is 18.8 Å². The summed E-state index contributed by atoms with van der Waals surface area (Å²) in [5.74, 6) is -1.60. The molecular weight excluding hydrogens is 528 g/mol. The van der Waals surface area contributed by atoms with Crippen LogP contribution in [0.25, 0.3) is 0 Å². The molecule has 4 heterocycles. The Morgan fingerprint density at radius 2 is 1.93 bits per heavy atom. The first-order chi connectivity index (χ1) is 19.7. The molecule has 0 bridgehead atoms. The van der Waals surface area contributed by atoms with Crippen LogP contribution >= 0.6 is 0 Å². The summed E-state index contributed by atoms with van der Waals surface area (Å²) >= 11 is 0. The van der Waals surface area contributed by atoms with Crippen molar-refractivity contribution in [2.24, 2.45) is 0 Å². The summed E-state index contributed by atoms with van der Waals surface area (Å²) in [6.45, 7) is 3.44. The van der Waals surface area contributed by atoms with Gasteiger partial charge in [0.2, 0.25) is 5.95 Å². The van der Waals surface area contributed by atoms with Gasteiger partial charge in [-0.25, -0.2) is 13.8 Å². The van der Waals surface area contributed by atoms with Crippen molar-refractivity contribution >= 4 is 11.9 Å². The van der Waals surface area contributed by atoms with Crippen LogP contribution in [0.4, 0.5) is 14.7 Å². The van der Waals surface area contributed by atoms with Gasteiger partial charge in [0, 0.05) is 55.8 Å². The zero-order chi connectivity index (χ0) is 28.8. The van der Waals surface area contributed by atoms with E-state index in [1.54, 1.807) is 24.2 Å². The molecule has 11 heteroatoms. The number of likely N-dealkylation sites (tertiary alicyclic amines) is 1. The molecule has 0 unspecified atom stereocenters. The summed E-state index contributed by atoms with van der Waals surface area (Å²) in [6, 6.07) is 7.90. The number of carbonyl (C=O) groups is 1. The number of anilines is 1. The molecule has 3 aliphatic rings. The summed E-state index contributed by atoms with van der Waals surface area (Å²) in [5, 5.41) is 12.5. The number of benzene rings is 1. The van der Waals surface area contributed by atoms with Gasteiger partial charge in [0.1, 0.15) is 17.4 Å². The number of aromatic nitrogens is 3. The van der Waals surface area contributed by atoms with Gasteiger partial charge in [-0.1, -0.05) is 12.5 Å². The normalized spacial score (nSPS) is 18.8. The maximum atomic E-state index is 14.1. The van der Waals surface area contributed by atoms with Gasteiger partial charge in [-0.15, -0.1) is 0 Å².